The van der Waals surface area contributed by atoms with Gasteiger partial charge >= 0.3 is 0 Å². The van der Waals surface area contributed by atoms with E-state index in [1.807, 2.05) is 25.9 Å². The van der Waals surface area contributed by atoms with E-state index in [1.54, 1.807) is 31.2 Å². The van der Waals surface area contributed by atoms with Gasteiger partial charge in [0, 0.05) is 36.3 Å². The second kappa shape index (κ2) is 8.48. The summed E-state index contributed by atoms with van der Waals surface area (Å²) in [6, 6.07) is 7.02. The second-order valence-corrected chi connectivity index (χ2v) is 6.72. The maximum atomic E-state index is 12.0. The van der Waals surface area contributed by atoms with E-state index in [-0.39, 0.29) is 11.9 Å². The fourth-order valence-corrected chi connectivity index (χ4v) is 2.45. The van der Waals surface area contributed by atoms with Gasteiger partial charge in [-0.15, -0.1) is 0 Å². The SMILES string of the molecule is CC(CC(=O)Nc1cccc(Cl)c1)NCC(C)(O)CN(C)C. The van der Waals surface area contributed by atoms with Gasteiger partial charge in [0.15, 0.2) is 0 Å². The maximum absolute atomic E-state index is 12.0. The molecule has 0 radical (unpaired) electrons. The molecule has 1 amide bonds. The third-order valence-electron chi connectivity index (χ3n) is 3.09. The topological polar surface area (TPSA) is 64.6 Å². The Kier molecular flexibility index (Phi) is 7.29. The van der Waals surface area contributed by atoms with Crippen molar-refractivity contribution in [2.75, 3.05) is 32.5 Å². The maximum Gasteiger partial charge on any atom is 0.225 e. The van der Waals surface area contributed by atoms with Crippen molar-refractivity contribution >= 4 is 23.2 Å². The van der Waals surface area contributed by atoms with Crippen molar-refractivity contribution in [2.45, 2.75) is 31.9 Å². The van der Waals surface area contributed by atoms with E-state index < -0.39 is 5.60 Å². The van der Waals surface area contributed by atoms with Crippen LogP contribution in [0.5, 0.6) is 0 Å². The summed E-state index contributed by atoms with van der Waals surface area (Å²) in [4.78, 5) is 13.9. The Morgan fingerprint density at radius 3 is 2.73 bits per heavy atom. The van der Waals surface area contributed by atoms with Crippen molar-refractivity contribution in [1.82, 2.24) is 10.2 Å². The minimum absolute atomic E-state index is 0.0344. The average molecular weight is 328 g/mol. The molecule has 1 aromatic carbocycles. The third kappa shape index (κ3) is 7.75. The molecule has 2 atom stereocenters. The zero-order chi connectivity index (χ0) is 16.8. The number of anilines is 1. The van der Waals surface area contributed by atoms with Gasteiger partial charge in [-0.1, -0.05) is 17.7 Å². The molecule has 5 nitrogen and oxygen atoms in total. The van der Waals surface area contributed by atoms with Crippen molar-refractivity contribution in [3.8, 4) is 0 Å². The van der Waals surface area contributed by atoms with Gasteiger partial charge in [0.05, 0.1) is 5.60 Å². The number of halogens is 1. The molecule has 0 aliphatic heterocycles. The van der Waals surface area contributed by atoms with Crippen LogP contribution in [0.15, 0.2) is 24.3 Å². The van der Waals surface area contributed by atoms with Gasteiger partial charge in [-0.2, -0.15) is 0 Å². The lowest BCUT2D eigenvalue weighted by Gasteiger charge is -2.28. The van der Waals surface area contributed by atoms with Crippen LogP contribution in [0.2, 0.25) is 5.02 Å². The van der Waals surface area contributed by atoms with Crippen LogP contribution < -0.4 is 10.6 Å². The number of carbonyl (C=O) groups is 1. The van der Waals surface area contributed by atoms with Gasteiger partial charge in [0.25, 0.3) is 0 Å². The van der Waals surface area contributed by atoms with E-state index in [1.165, 1.54) is 0 Å². The number of aliphatic hydroxyl groups is 1. The van der Waals surface area contributed by atoms with Crippen LogP contribution >= 0.6 is 11.6 Å². The van der Waals surface area contributed by atoms with Crippen molar-refractivity contribution in [2.24, 2.45) is 0 Å². The quantitative estimate of drug-likeness (QED) is 0.683. The Hall–Kier alpha value is -1.14. The summed E-state index contributed by atoms with van der Waals surface area (Å²) in [6.45, 7) is 4.68. The molecule has 1 aromatic rings. The van der Waals surface area contributed by atoms with Gasteiger partial charge in [-0.25, -0.2) is 0 Å². The van der Waals surface area contributed by atoms with E-state index >= 15 is 0 Å². The normalized spacial score (nSPS) is 15.4. The standard InChI is InChI=1S/C16H26ClN3O2/c1-12(18-10-16(2,22)11-20(3)4)8-15(21)19-14-7-5-6-13(17)9-14/h5-7,9,12,18,22H,8,10-11H2,1-4H3,(H,19,21). The number of rotatable bonds is 8. The van der Waals surface area contributed by atoms with Gasteiger partial charge in [0.1, 0.15) is 0 Å². The number of hydrogen-bond acceptors (Lipinski definition) is 4. The molecule has 0 spiro atoms. The second-order valence-electron chi connectivity index (χ2n) is 6.28. The third-order valence-corrected chi connectivity index (χ3v) is 3.32. The van der Waals surface area contributed by atoms with Crippen molar-refractivity contribution in [3.05, 3.63) is 29.3 Å². The molecule has 22 heavy (non-hydrogen) atoms. The summed E-state index contributed by atoms with van der Waals surface area (Å²) in [5.74, 6) is -0.0884. The first-order chi connectivity index (χ1) is 10.2. The number of nitrogens with one attached hydrogen (secondary N) is 2. The highest BCUT2D eigenvalue weighted by atomic mass is 35.5. The molecule has 0 aliphatic rings. The van der Waals surface area contributed by atoms with Gasteiger partial charge in [0.2, 0.25) is 5.91 Å². The molecule has 124 valence electrons. The van der Waals surface area contributed by atoms with E-state index in [4.69, 9.17) is 11.6 Å². The summed E-state index contributed by atoms with van der Waals surface area (Å²) in [5.41, 5.74) is -0.148. The summed E-state index contributed by atoms with van der Waals surface area (Å²) >= 11 is 5.88. The predicted octanol–water partition coefficient (Wildman–Crippen LogP) is 1.96. The lowest BCUT2D eigenvalue weighted by molar-refractivity contribution is -0.116. The molecule has 0 aromatic heterocycles. The van der Waals surface area contributed by atoms with E-state index in [9.17, 15) is 9.90 Å². The van der Waals surface area contributed by atoms with Crippen molar-refractivity contribution in [3.63, 3.8) is 0 Å². The number of nitrogens with zero attached hydrogens (tertiary/aromatic N) is 1. The molecule has 6 heteroatoms. The van der Waals surface area contributed by atoms with E-state index in [2.05, 4.69) is 10.6 Å². The first-order valence-electron chi connectivity index (χ1n) is 7.34. The Bertz CT molecular complexity index is 492. The average Bonchev–Trinajstić information content (AvgIpc) is 2.34. The van der Waals surface area contributed by atoms with Gasteiger partial charge in [-0.05, 0) is 46.1 Å². The predicted molar refractivity (Wildman–Crippen MR) is 91.3 cm³/mol. The number of carbonyl (C=O) groups excluding carboxylic acids is 1. The molecular formula is C16H26ClN3O2. The highest BCUT2D eigenvalue weighted by molar-refractivity contribution is 6.30. The number of amides is 1. The first-order valence-corrected chi connectivity index (χ1v) is 7.72. The molecule has 0 saturated carbocycles. The lowest BCUT2D eigenvalue weighted by atomic mass is 10.1. The van der Waals surface area contributed by atoms with Crippen molar-refractivity contribution in [1.29, 1.82) is 0 Å². The summed E-state index contributed by atoms with van der Waals surface area (Å²) in [5, 5.41) is 16.8. The first kappa shape index (κ1) is 18.9. The molecule has 2 unspecified atom stereocenters. The minimum Gasteiger partial charge on any atom is -0.388 e. The number of hydrogen-bond donors (Lipinski definition) is 3. The Balaban J connectivity index is 2.38. The van der Waals surface area contributed by atoms with Crippen LogP contribution in [0, 0.1) is 0 Å². The zero-order valence-electron chi connectivity index (χ0n) is 13.7. The molecule has 3 N–H and O–H groups in total. The van der Waals surface area contributed by atoms with Crippen LogP contribution in [-0.4, -0.2) is 54.7 Å². The smallest absolute Gasteiger partial charge is 0.225 e. The Morgan fingerprint density at radius 2 is 2.14 bits per heavy atom. The number of likely N-dealkylation sites (N-methyl/N-ethyl adjacent to an activating group) is 1. The molecule has 1 rings (SSSR count). The highest BCUT2D eigenvalue weighted by Gasteiger charge is 2.22. The van der Waals surface area contributed by atoms with Crippen LogP contribution in [-0.2, 0) is 4.79 Å². The minimum atomic E-state index is -0.832. The van der Waals surface area contributed by atoms with Crippen molar-refractivity contribution < 1.29 is 9.90 Å². The van der Waals surface area contributed by atoms with E-state index in [0.717, 1.165) is 0 Å². The largest absolute Gasteiger partial charge is 0.388 e. The molecular weight excluding hydrogens is 302 g/mol. The van der Waals surface area contributed by atoms with Crippen LogP contribution in [0.25, 0.3) is 0 Å². The van der Waals surface area contributed by atoms with Crippen LogP contribution in [0.4, 0.5) is 5.69 Å². The lowest BCUT2D eigenvalue weighted by Crippen LogP contribution is -2.48. The van der Waals surface area contributed by atoms with Gasteiger partial charge < -0.3 is 20.6 Å². The summed E-state index contributed by atoms with van der Waals surface area (Å²) < 4.78 is 0. The monoisotopic (exact) mass is 327 g/mol. The molecule has 0 saturated heterocycles. The van der Waals surface area contributed by atoms with Gasteiger partial charge in [-0.3, -0.25) is 4.79 Å². The Morgan fingerprint density at radius 1 is 1.45 bits per heavy atom. The van der Waals surface area contributed by atoms with Crippen LogP contribution in [0.1, 0.15) is 20.3 Å². The summed E-state index contributed by atoms with van der Waals surface area (Å²) in [6.07, 6.45) is 0.324. The molecule has 0 heterocycles. The van der Waals surface area contributed by atoms with Crippen LogP contribution in [0.3, 0.4) is 0 Å². The molecule has 0 bridgehead atoms. The summed E-state index contributed by atoms with van der Waals surface area (Å²) in [7, 11) is 3.83. The number of benzene rings is 1. The highest BCUT2D eigenvalue weighted by Crippen LogP contribution is 2.15. The molecule has 0 aliphatic carbocycles. The fourth-order valence-electron chi connectivity index (χ4n) is 2.26. The molecule has 0 fully saturated rings. The Labute approximate surface area is 137 Å². The van der Waals surface area contributed by atoms with E-state index in [0.29, 0.717) is 30.2 Å². The fraction of sp³-hybridized carbons (Fsp3) is 0.562. The zero-order valence-corrected chi connectivity index (χ0v) is 14.4.